The lowest BCUT2D eigenvalue weighted by Gasteiger charge is -2.32. The van der Waals surface area contributed by atoms with E-state index in [1.54, 1.807) is 6.07 Å². The summed E-state index contributed by atoms with van der Waals surface area (Å²) >= 11 is 3.40. The van der Waals surface area contributed by atoms with Crippen LogP contribution in [0.2, 0.25) is 0 Å². The molecule has 0 aliphatic heterocycles. The van der Waals surface area contributed by atoms with Gasteiger partial charge in [0.05, 0.1) is 0 Å². The zero-order chi connectivity index (χ0) is 13.8. The van der Waals surface area contributed by atoms with Crippen LogP contribution < -0.4 is 5.73 Å². The second-order valence-corrected chi connectivity index (χ2v) is 6.68. The maximum atomic E-state index is 13.9. The molecule has 1 aromatic rings. The van der Waals surface area contributed by atoms with E-state index in [9.17, 15) is 4.39 Å². The minimum Gasteiger partial charge on any atom is -0.324 e. The third-order valence-electron chi connectivity index (χ3n) is 4.41. The molecular formula is C16H23BrFN. The Morgan fingerprint density at radius 3 is 2.63 bits per heavy atom. The molecule has 0 radical (unpaired) electrons. The number of hydrogen-bond acceptors (Lipinski definition) is 1. The van der Waals surface area contributed by atoms with Crippen molar-refractivity contribution in [1.29, 1.82) is 0 Å². The summed E-state index contributed by atoms with van der Waals surface area (Å²) in [6, 6.07) is 4.89. The van der Waals surface area contributed by atoms with Crippen molar-refractivity contribution < 1.29 is 4.39 Å². The van der Waals surface area contributed by atoms with Gasteiger partial charge in [-0.05, 0) is 42.9 Å². The van der Waals surface area contributed by atoms with Crippen molar-refractivity contribution in [2.24, 2.45) is 17.6 Å². The summed E-state index contributed by atoms with van der Waals surface area (Å²) in [6.07, 6.45) is 7.37. The topological polar surface area (TPSA) is 26.0 Å². The molecule has 1 aliphatic carbocycles. The third kappa shape index (κ3) is 3.79. The van der Waals surface area contributed by atoms with Crippen LogP contribution in [0.4, 0.5) is 4.39 Å². The average Bonchev–Trinajstić information content (AvgIpc) is 2.42. The lowest BCUT2D eigenvalue weighted by atomic mass is 9.76. The van der Waals surface area contributed by atoms with E-state index in [1.807, 2.05) is 6.07 Å². The van der Waals surface area contributed by atoms with Gasteiger partial charge in [-0.15, -0.1) is 0 Å². The molecule has 2 N–H and O–H groups in total. The highest BCUT2D eigenvalue weighted by Crippen LogP contribution is 2.38. The summed E-state index contributed by atoms with van der Waals surface area (Å²) in [4.78, 5) is 0. The highest BCUT2D eigenvalue weighted by molar-refractivity contribution is 9.10. The molecule has 3 heteroatoms. The second kappa shape index (κ2) is 6.85. The molecule has 1 aromatic carbocycles. The third-order valence-corrected chi connectivity index (χ3v) is 4.91. The molecular weight excluding hydrogens is 305 g/mol. The summed E-state index contributed by atoms with van der Waals surface area (Å²) in [5.41, 5.74) is 6.96. The SMILES string of the molecule is CCCC1CCC(C(N)c2cc(Br)ccc2F)CC1. The predicted octanol–water partition coefficient (Wildman–Crippen LogP) is 5.19. The Bertz CT molecular complexity index is 413. The van der Waals surface area contributed by atoms with Crippen molar-refractivity contribution in [3.63, 3.8) is 0 Å². The Labute approximate surface area is 123 Å². The van der Waals surface area contributed by atoms with Crippen LogP contribution in [0.1, 0.15) is 57.1 Å². The van der Waals surface area contributed by atoms with E-state index in [1.165, 1.54) is 31.7 Å². The number of nitrogens with two attached hydrogens (primary N) is 1. The first kappa shape index (κ1) is 15.0. The quantitative estimate of drug-likeness (QED) is 0.808. The molecule has 1 unspecified atom stereocenters. The summed E-state index contributed by atoms with van der Waals surface area (Å²) in [6.45, 7) is 2.24. The smallest absolute Gasteiger partial charge is 0.128 e. The number of benzene rings is 1. The maximum Gasteiger partial charge on any atom is 0.128 e. The molecule has 0 aromatic heterocycles. The van der Waals surface area contributed by atoms with Crippen molar-refractivity contribution in [3.8, 4) is 0 Å². The standard InChI is InChI=1S/C16H23BrFN/c1-2-3-11-4-6-12(7-5-11)16(19)14-10-13(17)8-9-15(14)18/h8-12,16H,2-7,19H2,1H3. The molecule has 1 atom stereocenters. The molecule has 106 valence electrons. The molecule has 1 nitrogen and oxygen atoms in total. The number of hydrogen-bond donors (Lipinski definition) is 1. The molecule has 19 heavy (non-hydrogen) atoms. The molecule has 0 bridgehead atoms. The Hall–Kier alpha value is -0.410. The second-order valence-electron chi connectivity index (χ2n) is 5.76. The molecule has 2 rings (SSSR count). The van der Waals surface area contributed by atoms with Crippen molar-refractivity contribution in [2.75, 3.05) is 0 Å². The summed E-state index contributed by atoms with van der Waals surface area (Å²) in [5.74, 6) is 1.11. The van der Waals surface area contributed by atoms with Crippen LogP contribution >= 0.6 is 15.9 Å². The molecule has 1 saturated carbocycles. The van der Waals surface area contributed by atoms with Gasteiger partial charge in [-0.2, -0.15) is 0 Å². The summed E-state index contributed by atoms with van der Waals surface area (Å²) in [5, 5.41) is 0. The lowest BCUT2D eigenvalue weighted by Crippen LogP contribution is -2.26. The molecule has 0 saturated heterocycles. The first-order valence-corrected chi connectivity index (χ1v) is 8.11. The lowest BCUT2D eigenvalue weighted by molar-refractivity contribution is 0.232. The molecule has 1 aliphatic rings. The van der Waals surface area contributed by atoms with Gasteiger partial charge in [-0.1, -0.05) is 48.5 Å². The molecule has 0 heterocycles. The average molecular weight is 328 g/mol. The van der Waals surface area contributed by atoms with Gasteiger partial charge in [0, 0.05) is 16.1 Å². The minimum absolute atomic E-state index is 0.167. The Morgan fingerprint density at radius 1 is 1.32 bits per heavy atom. The van der Waals surface area contributed by atoms with Gasteiger partial charge in [0.1, 0.15) is 5.82 Å². The van der Waals surface area contributed by atoms with E-state index in [0.717, 1.165) is 23.2 Å². The van der Waals surface area contributed by atoms with Crippen molar-refractivity contribution in [1.82, 2.24) is 0 Å². The Balaban J connectivity index is 2.01. The van der Waals surface area contributed by atoms with Gasteiger partial charge in [-0.3, -0.25) is 0 Å². The van der Waals surface area contributed by atoms with Gasteiger partial charge < -0.3 is 5.73 Å². The van der Waals surface area contributed by atoms with Gasteiger partial charge in [-0.25, -0.2) is 4.39 Å². The molecule has 0 amide bonds. The van der Waals surface area contributed by atoms with E-state index < -0.39 is 0 Å². The monoisotopic (exact) mass is 327 g/mol. The normalized spacial score (nSPS) is 25.3. The largest absolute Gasteiger partial charge is 0.324 e. The van der Waals surface area contributed by atoms with Crippen molar-refractivity contribution in [2.45, 2.75) is 51.5 Å². The van der Waals surface area contributed by atoms with Gasteiger partial charge in [0.15, 0.2) is 0 Å². The van der Waals surface area contributed by atoms with Crippen LogP contribution in [0.15, 0.2) is 22.7 Å². The first-order valence-electron chi connectivity index (χ1n) is 7.32. The van der Waals surface area contributed by atoms with Gasteiger partial charge in [0.2, 0.25) is 0 Å². The number of halogens is 2. The Kier molecular flexibility index (Phi) is 5.40. The fraction of sp³-hybridized carbons (Fsp3) is 0.625. The van der Waals surface area contributed by atoms with Crippen LogP contribution in [0.25, 0.3) is 0 Å². The van der Waals surface area contributed by atoms with E-state index in [-0.39, 0.29) is 11.9 Å². The van der Waals surface area contributed by atoms with Crippen LogP contribution in [0.5, 0.6) is 0 Å². The minimum atomic E-state index is -0.175. The van der Waals surface area contributed by atoms with Crippen LogP contribution in [0.3, 0.4) is 0 Å². The Morgan fingerprint density at radius 2 is 2.00 bits per heavy atom. The zero-order valence-corrected chi connectivity index (χ0v) is 13.1. The van der Waals surface area contributed by atoms with Crippen LogP contribution in [-0.4, -0.2) is 0 Å². The van der Waals surface area contributed by atoms with E-state index >= 15 is 0 Å². The van der Waals surface area contributed by atoms with Crippen LogP contribution in [0, 0.1) is 17.7 Å². The van der Waals surface area contributed by atoms with Crippen molar-refractivity contribution >= 4 is 15.9 Å². The van der Waals surface area contributed by atoms with Gasteiger partial charge >= 0.3 is 0 Å². The fourth-order valence-corrected chi connectivity index (χ4v) is 3.65. The fourth-order valence-electron chi connectivity index (χ4n) is 3.27. The van der Waals surface area contributed by atoms with Gasteiger partial charge in [0.25, 0.3) is 0 Å². The van der Waals surface area contributed by atoms with E-state index in [4.69, 9.17) is 5.73 Å². The first-order chi connectivity index (χ1) is 9.11. The van der Waals surface area contributed by atoms with Crippen LogP contribution in [-0.2, 0) is 0 Å². The van der Waals surface area contributed by atoms with E-state index in [2.05, 4.69) is 22.9 Å². The molecule has 0 spiro atoms. The van der Waals surface area contributed by atoms with E-state index in [0.29, 0.717) is 11.5 Å². The highest BCUT2D eigenvalue weighted by atomic mass is 79.9. The number of rotatable bonds is 4. The summed E-state index contributed by atoms with van der Waals surface area (Å²) < 4.78 is 14.8. The summed E-state index contributed by atoms with van der Waals surface area (Å²) in [7, 11) is 0. The molecule has 1 fully saturated rings. The zero-order valence-electron chi connectivity index (χ0n) is 11.5. The van der Waals surface area contributed by atoms with Crippen molar-refractivity contribution in [3.05, 3.63) is 34.1 Å². The maximum absolute atomic E-state index is 13.9. The highest BCUT2D eigenvalue weighted by Gasteiger charge is 2.27. The predicted molar refractivity (Wildman–Crippen MR) is 81.4 cm³/mol.